The average Bonchev–Trinajstić information content (AvgIpc) is 3.16. The van der Waals surface area contributed by atoms with Crippen LogP contribution in [0.1, 0.15) is 117 Å². The Bertz CT molecular complexity index is 1060. The van der Waals surface area contributed by atoms with Crippen LogP contribution in [-0.4, -0.2) is 142 Å². The van der Waals surface area contributed by atoms with Gasteiger partial charge in [-0.1, -0.05) is 89.5 Å². The number of carbonyl (C=O) groups excluding carboxylic acids is 2. The van der Waals surface area contributed by atoms with E-state index in [4.69, 9.17) is 28.4 Å². The Hall–Kier alpha value is -2.02. The first-order valence-electron chi connectivity index (χ1n) is 19.9. The predicted octanol–water partition coefficient (Wildman–Crippen LogP) is 2.48. The van der Waals surface area contributed by atoms with Crippen molar-refractivity contribution in [3.8, 4) is 0 Å². The first-order valence-corrected chi connectivity index (χ1v) is 19.9. The second-order valence-electron chi connectivity index (χ2n) is 14.1. The van der Waals surface area contributed by atoms with E-state index in [-0.39, 0.29) is 26.1 Å². The van der Waals surface area contributed by atoms with Crippen LogP contribution < -0.4 is 0 Å². The second kappa shape index (κ2) is 28.4. The molecule has 15 heteroatoms. The molecule has 11 unspecified atom stereocenters. The lowest BCUT2D eigenvalue weighted by atomic mass is 9.98. The molecule has 15 nitrogen and oxygen atoms in total. The highest BCUT2D eigenvalue weighted by atomic mass is 16.7. The summed E-state index contributed by atoms with van der Waals surface area (Å²) < 4.78 is 33.1. The van der Waals surface area contributed by atoms with Crippen molar-refractivity contribution in [2.24, 2.45) is 0 Å². The van der Waals surface area contributed by atoms with E-state index < -0.39 is 92.7 Å². The summed E-state index contributed by atoms with van der Waals surface area (Å²) in [6.45, 7) is 2.36. The summed E-state index contributed by atoms with van der Waals surface area (Å²) in [5.74, 6) is -0.960. The highest BCUT2D eigenvalue weighted by Gasteiger charge is 2.47. The minimum atomic E-state index is -1.76. The molecule has 54 heavy (non-hydrogen) atoms. The van der Waals surface area contributed by atoms with Gasteiger partial charge in [-0.05, 0) is 38.5 Å². The van der Waals surface area contributed by atoms with Gasteiger partial charge in [-0.3, -0.25) is 9.59 Å². The van der Waals surface area contributed by atoms with E-state index in [1.165, 1.54) is 0 Å². The Morgan fingerprint density at radius 1 is 0.593 bits per heavy atom. The molecule has 314 valence electrons. The van der Waals surface area contributed by atoms with E-state index in [1.54, 1.807) is 0 Å². The van der Waals surface area contributed by atoms with Gasteiger partial charge in [-0.15, -0.1) is 0 Å². The maximum atomic E-state index is 12.8. The number of allylic oxidation sites excluding steroid dienone is 4. The fourth-order valence-corrected chi connectivity index (χ4v) is 6.02. The van der Waals surface area contributed by atoms with Crippen molar-refractivity contribution in [1.29, 1.82) is 0 Å². The molecule has 2 rings (SSSR count). The van der Waals surface area contributed by atoms with Gasteiger partial charge < -0.3 is 64.2 Å². The first kappa shape index (κ1) is 48.1. The van der Waals surface area contributed by atoms with Crippen molar-refractivity contribution >= 4 is 11.9 Å². The zero-order valence-corrected chi connectivity index (χ0v) is 32.2. The van der Waals surface area contributed by atoms with Crippen molar-refractivity contribution < 1.29 is 73.8 Å². The van der Waals surface area contributed by atoms with Gasteiger partial charge in [0.1, 0.15) is 55.4 Å². The molecule has 0 aliphatic carbocycles. The molecule has 2 aliphatic heterocycles. The molecule has 2 fully saturated rings. The Kier molecular flexibility index (Phi) is 25.3. The normalized spacial score (nSPS) is 29.5. The van der Waals surface area contributed by atoms with Crippen LogP contribution in [-0.2, 0) is 38.0 Å². The number of unbranched alkanes of at least 4 members (excludes halogenated alkanes) is 10. The average molecular weight is 777 g/mol. The number of aliphatic hydroxyl groups is 7. The quantitative estimate of drug-likeness (QED) is 0.0344. The predicted molar refractivity (Wildman–Crippen MR) is 197 cm³/mol. The van der Waals surface area contributed by atoms with Gasteiger partial charge in [0.05, 0.1) is 19.8 Å². The van der Waals surface area contributed by atoms with Crippen LogP contribution in [0.2, 0.25) is 0 Å². The highest BCUT2D eigenvalue weighted by molar-refractivity contribution is 5.70. The lowest BCUT2D eigenvalue weighted by molar-refractivity contribution is -0.332. The molecule has 0 aromatic heterocycles. The fourth-order valence-electron chi connectivity index (χ4n) is 6.02. The summed E-state index contributed by atoms with van der Waals surface area (Å²) in [5.41, 5.74) is 0. The molecule has 0 radical (unpaired) electrons. The molecule has 0 saturated carbocycles. The molecular weight excluding hydrogens is 708 g/mol. The Morgan fingerprint density at radius 3 is 1.80 bits per heavy atom. The molecule has 7 N–H and O–H groups in total. The smallest absolute Gasteiger partial charge is 0.306 e. The summed E-state index contributed by atoms with van der Waals surface area (Å²) in [6, 6.07) is 0. The maximum absolute atomic E-state index is 12.8. The van der Waals surface area contributed by atoms with Gasteiger partial charge in [0.2, 0.25) is 0 Å². The van der Waals surface area contributed by atoms with E-state index in [2.05, 4.69) is 38.2 Å². The minimum Gasteiger partial charge on any atom is -0.462 e. The molecule has 2 aliphatic rings. The topological polar surface area (TPSA) is 231 Å². The zero-order valence-electron chi connectivity index (χ0n) is 32.2. The first-order chi connectivity index (χ1) is 26.0. The second-order valence-corrected chi connectivity index (χ2v) is 14.1. The third-order valence-corrected chi connectivity index (χ3v) is 9.41. The van der Waals surface area contributed by atoms with Crippen LogP contribution in [0, 0.1) is 0 Å². The van der Waals surface area contributed by atoms with E-state index in [0.29, 0.717) is 12.8 Å². The summed E-state index contributed by atoms with van der Waals surface area (Å²) in [4.78, 5) is 25.2. The van der Waals surface area contributed by atoms with E-state index >= 15 is 0 Å². The number of aliphatic hydroxyl groups excluding tert-OH is 7. The number of carbonyl (C=O) groups is 2. The highest BCUT2D eigenvalue weighted by Crippen LogP contribution is 2.26. The minimum absolute atomic E-state index is 0.150. The fraction of sp³-hybridized carbons (Fsp3) is 0.846. The summed E-state index contributed by atoms with van der Waals surface area (Å²) in [7, 11) is 0. The van der Waals surface area contributed by atoms with Gasteiger partial charge >= 0.3 is 11.9 Å². The van der Waals surface area contributed by atoms with Crippen LogP contribution in [0.3, 0.4) is 0 Å². The molecule has 0 spiro atoms. The molecular formula is C39H68O15. The van der Waals surface area contributed by atoms with Crippen LogP contribution >= 0.6 is 0 Å². The molecule has 0 bridgehead atoms. The van der Waals surface area contributed by atoms with Crippen molar-refractivity contribution in [3.63, 3.8) is 0 Å². The Labute approximate surface area is 320 Å². The van der Waals surface area contributed by atoms with E-state index in [0.717, 1.165) is 77.0 Å². The Balaban J connectivity index is 1.89. The molecule has 2 heterocycles. The number of rotatable bonds is 28. The van der Waals surface area contributed by atoms with E-state index in [9.17, 15) is 45.3 Å². The lowest BCUT2D eigenvalue weighted by Gasteiger charge is -2.42. The van der Waals surface area contributed by atoms with Gasteiger partial charge in [-0.2, -0.15) is 0 Å². The van der Waals surface area contributed by atoms with E-state index in [1.807, 2.05) is 0 Å². The number of esters is 2. The lowest BCUT2D eigenvalue weighted by Crippen LogP contribution is -2.61. The Morgan fingerprint density at radius 2 is 1.15 bits per heavy atom. The van der Waals surface area contributed by atoms with Gasteiger partial charge in [0.15, 0.2) is 18.7 Å². The van der Waals surface area contributed by atoms with Crippen molar-refractivity contribution in [2.45, 2.75) is 184 Å². The van der Waals surface area contributed by atoms with Crippen LogP contribution in [0.25, 0.3) is 0 Å². The number of hydrogen-bond donors (Lipinski definition) is 7. The van der Waals surface area contributed by atoms with Crippen LogP contribution in [0.15, 0.2) is 24.3 Å². The molecule has 0 aromatic carbocycles. The maximum Gasteiger partial charge on any atom is 0.306 e. The molecule has 0 amide bonds. The van der Waals surface area contributed by atoms with Crippen LogP contribution in [0.5, 0.6) is 0 Å². The summed E-state index contributed by atoms with van der Waals surface area (Å²) >= 11 is 0. The summed E-state index contributed by atoms with van der Waals surface area (Å²) in [5, 5.41) is 71.4. The molecule has 11 atom stereocenters. The third kappa shape index (κ3) is 18.3. The number of ether oxygens (including phenoxy) is 6. The van der Waals surface area contributed by atoms with Crippen LogP contribution in [0.4, 0.5) is 0 Å². The van der Waals surface area contributed by atoms with Gasteiger partial charge in [0.25, 0.3) is 0 Å². The summed E-state index contributed by atoms with van der Waals surface area (Å²) in [6.07, 6.45) is 5.78. The number of hydrogen-bond acceptors (Lipinski definition) is 15. The molecule has 0 aromatic rings. The SMILES string of the molecule is CCC/C=C\C/C=C\CCCCCCCC(=O)OC(COC(=O)CCCCCCC)COC1OC(COC2OC(CO)C(O)C(O)C2O)C(O)C(O)C1O. The van der Waals surface area contributed by atoms with Crippen molar-refractivity contribution in [1.82, 2.24) is 0 Å². The van der Waals surface area contributed by atoms with Gasteiger partial charge in [-0.25, -0.2) is 0 Å². The largest absolute Gasteiger partial charge is 0.462 e. The van der Waals surface area contributed by atoms with Crippen molar-refractivity contribution in [2.75, 3.05) is 26.4 Å². The van der Waals surface area contributed by atoms with Crippen molar-refractivity contribution in [3.05, 3.63) is 24.3 Å². The zero-order chi connectivity index (χ0) is 39.7. The van der Waals surface area contributed by atoms with Gasteiger partial charge in [0, 0.05) is 12.8 Å². The standard InChI is InChI=1S/C39H68O15/c1-3-5-7-9-10-11-12-13-14-15-16-18-20-22-31(42)52-27(24-49-30(41)21-19-17-8-6-4-2)25-50-38-37(48)35(46)33(44)29(54-38)26-51-39-36(47)34(45)32(43)28(23-40)53-39/h7,9,11-12,27-29,32-40,43-48H,3-6,8,10,13-26H2,1-2H3/b9-7-,12-11-. The molecule has 2 saturated heterocycles. The monoisotopic (exact) mass is 776 g/mol. The third-order valence-electron chi connectivity index (χ3n) is 9.41.